The average Bonchev–Trinajstić information content (AvgIpc) is 2.09. The van der Waals surface area contributed by atoms with Gasteiger partial charge in [-0.1, -0.05) is 13.8 Å². The molecule has 0 aliphatic rings. The molecule has 0 atom stereocenters. The molecule has 0 spiro atoms. The van der Waals surface area contributed by atoms with E-state index in [2.05, 4.69) is 18.7 Å². The summed E-state index contributed by atoms with van der Waals surface area (Å²) in [5.41, 5.74) is 7.83. The van der Waals surface area contributed by atoms with Crippen molar-refractivity contribution >= 4 is 11.4 Å². The minimum atomic E-state index is -0.241. The molecule has 0 aromatic heterocycles. The van der Waals surface area contributed by atoms with Crippen LogP contribution in [0.5, 0.6) is 0 Å². The first-order chi connectivity index (χ1) is 6.91. The van der Waals surface area contributed by atoms with Gasteiger partial charge in [0.05, 0.1) is 11.4 Å². The monoisotopic (exact) mass is 210 g/mol. The maximum atomic E-state index is 13.2. The fraction of sp³-hybridized carbons (Fsp3) is 0.500. The van der Waals surface area contributed by atoms with Crippen LogP contribution in [0.2, 0.25) is 0 Å². The maximum absolute atomic E-state index is 13.2. The second kappa shape index (κ2) is 4.51. The molecule has 0 fully saturated rings. The molecule has 1 aromatic carbocycles. The Balaban J connectivity index is 2.98. The summed E-state index contributed by atoms with van der Waals surface area (Å²) in [6, 6.07) is 3.19. The molecule has 3 heteroatoms. The van der Waals surface area contributed by atoms with Gasteiger partial charge in [0.15, 0.2) is 0 Å². The van der Waals surface area contributed by atoms with Crippen LogP contribution in [0.3, 0.4) is 0 Å². The van der Waals surface area contributed by atoms with Crippen molar-refractivity contribution < 1.29 is 4.39 Å². The summed E-state index contributed by atoms with van der Waals surface area (Å²) >= 11 is 0. The van der Waals surface area contributed by atoms with E-state index >= 15 is 0 Å². The quantitative estimate of drug-likeness (QED) is 0.777. The molecule has 0 aliphatic carbocycles. The summed E-state index contributed by atoms with van der Waals surface area (Å²) < 4.78 is 13.2. The van der Waals surface area contributed by atoms with Gasteiger partial charge in [0.25, 0.3) is 0 Å². The van der Waals surface area contributed by atoms with Crippen LogP contribution in [0.25, 0.3) is 0 Å². The first kappa shape index (κ1) is 11.8. The van der Waals surface area contributed by atoms with Crippen LogP contribution in [0.1, 0.15) is 19.4 Å². The lowest BCUT2D eigenvalue weighted by molar-refractivity contribution is 0.616. The first-order valence-corrected chi connectivity index (χ1v) is 5.18. The second-order valence-corrected chi connectivity index (χ2v) is 4.43. The molecule has 0 aliphatic heterocycles. The van der Waals surface area contributed by atoms with Crippen molar-refractivity contribution in [2.45, 2.75) is 20.8 Å². The molecule has 0 saturated carbocycles. The zero-order valence-electron chi connectivity index (χ0n) is 9.84. The van der Waals surface area contributed by atoms with E-state index in [1.165, 1.54) is 6.07 Å². The molecule has 84 valence electrons. The van der Waals surface area contributed by atoms with Crippen LogP contribution >= 0.6 is 0 Å². The van der Waals surface area contributed by atoms with Crippen molar-refractivity contribution in [1.82, 2.24) is 0 Å². The summed E-state index contributed by atoms with van der Waals surface area (Å²) in [6.07, 6.45) is 0. The van der Waals surface area contributed by atoms with Gasteiger partial charge >= 0.3 is 0 Å². The molecular formula is C12H19FN2. The number of hydrogen-bond acceptors (Lipinski definition) is 2. The third-order valence-electron chi connectivity index (χ3n) is 2.36. The van der Waals surface area contributed by atoms with Gasteiger partial charge in [0.1, 0.15) is 5.82 Å². The van der Waals surface area contributed by atoms with Gasteiger partial charge in [0, 0.05) is 13.6 Å². The normalized spacial score (nSPS) is 10.8. The number of halogens is 1. The van der Waals surface area contributed by atoms with Crippen LogP contribution in [0, 0.1) is 18.7 Å². The Morgan fingerprint density at radius 2 is 2.00 bits per heavy atom. The number of rotatable bonds is 3. The summed E-state index contributed by atoms with van der Waals surface area (Å²) in [6.45, 7) is 6.95. The van der Waals surface area contributed by atoms with Crippen molar-refractivity contribution in [3.63, 3.8) is 0 Å². The van der Waals surface area contributed by atoms with Gasteiger partial charge in [-0.05, 0) is 30.5 Å². The third kappa shape index (κ3) is 2.85. The molecule has 1 rings (SSSR count). The van der Waals surface area contributed by atoms with Gasteiger partial charge in [-0.25, -0.2) is 4.39 Å². The van der Waals surface area contributed by atoms with Gasteiger partial charge in [-0.15, -0.1) is 0 Å². The summed E-state index contributed by atoms with van der Waals surface area (Å²) in [4.78, 5) is 2.06. The number of nitrogen functional groups attached to an aromatic ring is 1. The molecule has 0 radical (unpaired) electrons. The van der Waals surface area contributed by atoms with Gasteiger partial charge < -0.3 is 10.6 Å². The van der Waals surface area contributed by atoms with Crippen LogP contribution in [-0.2, 0) is 0 Å². The molecule has 0 saturated heterocycles. The van der Waals surface area contributed by atoms with Crippen molar-refractivity contribution in [1.29, 1.82) is 0 Å². The summed E-state index contributed by atoms with van der Waals surface area (Å²) in [5.74, 6) is 0.314. The smallest absolute Gasteiger partial charge is 0.128 e. The van der Waals surface area contributed by atoms with E-state index in [-0.39, 0.29) is 5.82 Å². The average molecular weight is 210 g/mol. The fourth-order valence-corrected chi connectivity index (χ4v) is 1.66. The van der Waals surface area contributed by atoms with Gasteiger partial charge in [-0.2, -0.15) is 0 Å². The Hall–Kier alpha value is -1.25. The van der Waals surface area contributed by atoms with E-state index in [0.29, 0.717) is 17.2 Å². The van der Waals surface area contributed by atoms with Gasteiger partial charge in [-0.3, -0.25) is 0 Å². The largest absolute Gasteiger partial charge is 0.397 e. The lowest BCUT2D eigenvalue weighted by Gasteiger charge is -2.23. The third-order valence-corrected chi connectivity index (χ3v) is 2.36. The minimum absolute atomic E-state index is 0.241. The number of aryl methyl sites for hydroxylation is 1. The van der Waals surface area contributed by atoms with Gasteiger partial charge in [0.2, 0.25) is 0 Å². The van der Waals surface area contributed by atoms with E-state index in [0.717, 1.165) is 12.2 Å². The van der Waals surface area contributed by atoms with E-state index < -0.39 is 0 Å². The topological polar surface area (TPSA) is 29.3 Å². The fourth-order valence-electron chi connectivity index (χ4n) is 1.66. The SMILES string of the molecule is Cc1cc(N(C)CC(C)C)c(N)cc1F. The van der Waals surface area contributed by atoms with Crippen molar-refractivity contribution in [3.8, 4) is 0 Å². The summed E-state index contributed by atoms with van der Waals surface area (Å²) in [7, 11) is 1.98. The number of benzene rings is 1. The zero-order chi connectivity index (χ0) is 11.6. The Morgan fingerprint density at radius 3 is 2.53 bits per heavy atom. The van der Waals surface area contributed by atoms with E-state index in [4.69, 9.17) is 5.73 Å². The lowest BCUT2D eigenvalue weighted by atomic mass is 10.1. The van der Waals surface area contributed by atoms with Crippen LogP contribution < -0.4 is 10.6 Å². The highest BCUT2D eigenvalue weighted by Gasteiger charge is 2.09. The minimum Gasteiger partial charge on any atom is -0.397 e. The Labute approximate surface area is 90.9 Å². The first-order valence-electron chi connectivity index (χ1n) is 5.18. The number of hydrogen-bond donors (Lipinski definition) is 1. The van der Waals surface area contributed by atoms with E-state index in [1.54, 1.807) is 13.0 Å². The second-order valence-electron chi connectivity index (χ2n) is 4.43. The van der Waals surface area contributed by atoms with Crippen LogP contribution in [-0.4, -0.2) is 13.6 Å². The molecule has 0 heterocycles. The summed E-state index contributed by atoms with van der Waals surface area (Å²) in [5, 5.41) is 0. The molecule has 15 heavy (non-hydrogen) atoms. The number of nitrogens with zero attached hydrogens (tertiary/aromatic N) is 1. The highest BCUT2D eigenvalue weighted by atomic mass is 19.1. The van der Waals surface area contributed by atoms with E-state index in [9.17, 15) is 4.39 Å². The Kier molecular flexibility index (Phi) is 3.56. The highest BCUT2D eigenvalue weighted by Crippen LogP contribution is 2.26. The predicted molar refractivity (Wildman–Crippen MR) is 63.7 cm³/mol. The maximum Gasteiger partial charge on any atom is 0.128 e. The molecule has 0 amide bonds. The highest BCUT2D eigenvalue weighted by molar-refractivity contribution is 5.68. The standard InChI is InChI=1S/C12H19FN2/c1-8(2)7-15(4)12-5-9(3)10(13)6-11(12)14/h5-6,8H,7,14H2,1-4H3. The number of anilines is 2. The Bertz CT molecular complexity index is 348. The van der Waals surface area contributed by atoms with Crippen molar-refractivity contribution in [2.24, 2.45) is 5.92 Å². The lowest BCUT2D eigenvalue weighted by Crippen LogP contribution is -2.23. The molecule has 0 unspecified atom stereocenters. The van der Waals surface area contributed by atoms with Crippen LogP contribution in [0.15, 0.2) is 12.1 Å². The van der Waals surface area contributed by atoms with Crippen molar-refractivity contribution in [3.05, 3.63) is 23.5 Å². The Morgan fingerprint density at radius 1 is 1.40 bits per heavy atom. The molecule has 2 N–H and O–H groups in total. The van der Waals surface area contributed by atoms with E-state index in [1.807, 2.05) is 7.05 Å². The molecule has 0 bridgehead atoms. The predicted octanol–water partition coefficient (Wildman–Crippen LogP) is 2.81. The number of nitrogens with two attached hydrogens (primary N) is 1. The zero-order valence-corrected chi connectivity index (χ0v) is 9.84. The molecule has 1 aromatic rings. The van der Waals surface area contributed by atoms with Crippen molar-refractivity contribution in [2.75, 3.05) is 24.2 Å². The van der Waals surface area contributed by atoms with Crippen LogP contribution in [0.4, 0.5) is 15.8 Å². The molecular weight excluding hydrogens is 191 g/mol. The molecule has 2 nitrogen and oxygen atoms in total.